The van der Waals surface area contributed by atoms with Gasteiger partial charge >= 0.3 is 0 Å². The number of rotatable bonds is 4. The molecule has 2 aliphatic heterocycles. The Hall–Kier alpha value is -2.46. The zero-order valence-electron chi connectivity index (χ0n) is 18.1. The fourth-order valence-corrected chi connectivity index (χ4v) is 5.75. The standard InChI is InChI=1S/C25H23Cl2N3O2S/c1-16-10-12-29(13-11-16)23(31)19(15-28)25-30(18-7-3-2-4-8-18)24(32)21(33-25)14-17-6-5-9-20(26)22(17)27/h2-9,16,21H,10-14H2,1H3. The third-order valence-electron chi connectivity index (χ3n) is 6.01. The smallest absolute Gasteiger partial charge is 0.267 e. The van der Waals surface area contributed by atoms with Gasteiger partial charge in [-0.1, -0.05) is 72.2 Å². The summed E-state index contributed by atoms with van der Waals surface area (Å²) in [6.45, 7) is 3.40. The number of benzene rings is 2. The topological polar surface area (TPSA) is 64.4 Å². The molecule has 5 nitrogen and oxygen atoms in total. The molecule has 2 aromatic rings. The Balaban J connectivity index is 1.72. The van der Waals surface area contributed by atoms with Gasteiger partial charge in [0.1, 0.15) is 16.7 Å². The van der Waals surface area contributed by atoms with Crippen LogP contribution in [0.3, 0.4) is 0 Å². The summed E-state index contributed by atoms with van der Waals surface area (Å²) in [5, 5.41) is 10.7. The summed E-state index contributed by atoms with van der Waals surface area (Å²) in [5.74, 6) is 0.0504. The van der Waals surface area contributed by atoms with Gasteiger partial charge < -0.3 is 4.90 Å². The highest BCUT2D eigenvalue weighted by molar-refractivity contribution is 8.05. The zero-order chi connectivity index (χ0) is 23.5. The maximum atomic E-state index is 13.5. The molecule has 2 amide bonds. The second-order valence-electron chi connectivity index (χ2n) is 8.30. The van der Waals surface area contributed by atoms with Crippen LogP contribution >= 0.6 is 35.0 Å². The molecule has 2 saturated heterocycles. The van der Waals surface area contributed by atoms with Crippen molar-refractivity contribution in [2.75, 3.05) is 18.0 Å². The average Bonchev–Trinajstić information content (AvgIpc) is 3.14. The average molecular weight is 500 g/mol. The molecule has 1 unspecified atom stereocenters. The van der Waals surface area contributed by atoms with Gasteiger partial charge in [-0.05, 0) is 48.9 Å². The van der Waals surface area contributed by atoms with Crippen LogP contribution in [0.25, 0.3) is 0 Å². The number of nitrogens with zero attached hydrogens (tertiary/aromatic N) is 3. The van der Waals surface area contributed by atoms with Crippen LogP contribution < -0.4 is 4.90 Å². The van der Waals surface area contributed by atoms with Crippen LogP contribution in [-0.4, -0.2) is 35.1 Å². The van der Waals surface area contributed by atoms with E-state index in [1.54, 1.807) is 29.2 Å². The van der Waals surface area contributed by atoms with Crippen LogP contribution in [0.5, 0.6) is 0 Å². The molecule has 0 aliphatic carbocycles. The van der Waals surface area contributed by atoms with E-state index in [9.17, 15) is 14.9 Å². The van der Waals surface area contributed by atoms with Crippen molar-refractivity contribution in [3.05, 3.63) is 74.7 Å². The molecule has 170 valence electrons. The fraction of sp³-hybridized carbons (Fsp3) is 0.320. The van der Waals surface area contributed by atoms with E-state index in [-0.39, 0.29) is 17.4 Å². The lowest BCUT2D eigenvalue weighted by atomic mass is 9.99. The second-order valence-corrected chi connectivity index (χ2v) is 10.3. The van der Waals surface area contributed by atoms with E-state index in [2.05, 4.69) is 13.0 Å². The lowest BCUT2D eigenvalue weighted by molar-refractivity contribution is -0.128. The Labute approximate surface area is 207 Å². The van der Waals surface area contributed by atoms with Gasteiger partial charge in [0.25, 0.3) is 5.91 Å². The van der Waals surface area contributed by atoms with E-state index in [1.165, 1.54) is 16.7 Å². The van der Waals surface area contributed by atoms with Gasteiger partial charge in [-0.3, -0.25) is 14.5 Å². The molecule has 1 atom stereocenters. The van der Waals surface area contributed by atoms with Crippen LogP contribution in [0.1, 0.15) is 25.3 Å². The SMILES string of the molecule is CC1CCN(C(=O)C(C#N)=C2SC(Cc3cccc(Cl)c3Cl)C(=O)N2c2ccccc2)CC1. The van der Waals surface area contributed by atoms with E-state index >= 15 is 0 Å². The Morgan fingerprint density at radius 2 is 1.82 bits per heavy atom. The molecular weight excluding hydrogens is 477 g/mol. The Morgan fingerprint density at radius 1 is 1.12 bits per heavy atom. The largest absolute Gasteiger partial charge is 0.338 e. The summed E-state index contributed by atoms with van der Waals surface area (Å²) in [4.78, 5) is 30.1. The molecule has 0 spiro atoms. The number of para-hydroxylation sites is 1. The first-order valence-electron chi connectivity index (χ1n) is 10.8. The summed E-state index contributed by atoms with van der Waals surface area (Å²) in [6.07, 6.45) is 2.15. The number of hydrogen-bond donors (Lipinski definition) is 0. The van der Waals surface area contributed by atoms with Crippen molar-refractivity contribution >= 4 is 52.5 Å². The summed E-state index contributed by atoms with van der Waals surface area (Å²) in [5.41, 5.74) is 1.38. The Kier molecular flexibility index (Phi) is 7.33. The Morgan fingerprint density at radius 3 is 2.48 bits per heavy atom. The van der Waals surface area contributed by atoms with Crippen molar-refractivity contribution in [3.8, 4) is 6.07 Å². The highest BCUT2D eigenvalue weighted by atomic mass is 35.5. The molecule has 2 aliphatic rings. The molecule has 4 rings (SSSR count). The summed E-state index contributed by atoms with van der Waals surface area (Å²) < 4.78 is 0. The van der Waals surface area contributed by atoms with Crippen LogP contribution in [0.2, 0.25) is 10.0 Å². The number of likely N-dealkylation sites (tertiary alicyclic amines) is 1. The van der Waals surface area contributed by atoms with Crippen LogP contribution in [-0.2, 0) is 16.0 Å². The second kappa shape index (κ2) is 10.2. The number of nitriles is 1. The molecule has 33 heavy (non-hydrogen) atoms. The normalized spacial score (nSPS) is 20.7. The monoisotopic (exact) mass is 499 g/mol. The lowest BCUT2D eigenvalue weighted by Crippen LogP contribution is -2.39. The van der Waals surface area contributed by atoms with Crippen molar-refractivity contribution in [3.63, 3.8) is 0 Å². The third kappa shape index (κ3) is 4.91. The van der Waals surface area contributed by atoms with E-state index in [1.807, 2.05) is 24.3 Å². The molecule has 2 aromatic carbocycles. The van der Waals surface area contributed by atoms with Gasteiger partial charge in [-0.25, -0.2) is 0 Å². The number of carbonyl (C=O) groups is 2. The molecular formula is C25H23Cl2N3O2S. The maximum absolute atomic E-state index is 13.5. The molecule has 0 radical (unpaired) electrons. The molecule has 8 heteroatoms. The number of hydrogen-bond acceptors (Lipinski definition) is 4. The number of piperidine rings is 1. The Bertz CT molecular complexity index is 1140. The molecule has 0 bridgehead atoms. The number of anilines is 1. The van der Waals surface area contributed by atoms with Crippen molar-refractivity contribution in [1.29, 1.82) is 5.26 Å². The first-order chi connectivity index (χ1) is 15.9. The van der Waals surface area contributed by atoms with Crippen molar-refractivity contribution in [1.82, 2.24) is 4.90 Å². The van der Waals surface area contributed by atoms with Gasteiger partial charge in [-0.15, -0.1) is 0 Å². The molecule has 2 heterocycles. The summed E-state index contributed by atoms with van der Waals surface area (Å²) in [7, 11) is 0. The minimum Gasteiger partial charge on any atom is -0.338 e. The third-order valence-corrected chi connectivity index (χ3v) is 8.14. The first-order valence-corrected chi connectivity index (χ1v) is 12.5. The highest BCUT2D eigenvalue weighted by Crippen LogP contribution is 2.43. The lowest BCUT2D eigenvalue weighted by Gasteiger charge is -2.30. The number of amides is 2. The van der Waals surface area contributed by atoms with E-state index in [0.717, 1.165) is 18.4 Å². The zero-order valence-corrected chi connectivity index (χ0v) is 20.5. The molecule has 0 N–H and O–H groups in total. The molecule has 2 fully saturated rings. The van der Waals surface area contributed by atoms with Gasteiger partial charge in [-0.2, -0.15) is 5.26 Å². The van der Waals surface area contributed by atoms with E-state index in [4.69, 9.17) is 23.2 Å². The first kappa shape index (κ1) is 23.7. The van der Waals surface area contributed by atoms with Gasteiger partial charge in [0.05, 0.1) is 15.3 Å². The van der Waals surface area contributed by atoms with Crippen LogP contribution in [0.4, 0.5) is 5.69 Å². The van der Waals surface area contributed by atoms with Crippen LogP contribution in [0, 0.1) is 17.2 Å². The predicted octanol–water partition coefficient (Wildman–Crippen LogP) is 5.68. The number of carbonyl (C=O) groups excluding carboxylic acids is 2. The number of thioether (sulfide) groups is 1. The van der Waals surface area contributed by atoms with Gasteiger partial charge in [0, 0.05) is 18.8 Å². The summed E-state index contributed by atoms with van der Waals surface area (Å²) >= 11 is 13.8. The number of halogens is 2. The van der Waals surface area contributed by atoms with E-state index < -0.39 is 5.25 Å². The van der Waals surface area contributed by atoms with Gasteiger partial charge in [0.2, 0.25) is 5.91 Å². The maximum Gasteiger partial charge on any atom is 0.267 e. The van der Waals surface area contributed by atoms with Crippen molar-refractivity contribution < 1.29 is 9.59 Å². The predicted molar refractivity (Wildman–Crippen MR) is 133 cm³/mol. The minimum atomic E-state index is -0.534. The fourth-order valence-electron chi connectivity index (χ4n) is 4.07. The minimum absolute atomic E-state index is 0.00597. The molecule has 0 saturated carbocycles. The van der Waals surface area contributed by atoms with Crippen molar-refractivity contribution in [2.24, 2.45) is 5.92 Å². The highest BCUT2D eigenvalue weighted by Gasteiger charge is 2.41. The summed E-state index contributed by atoms with van der Waals surface area (Å²) in [6, 6.07) is 16.5. The van der Waals surface area contributed by atoms with E-state index in [0.29, 0.717) is 46.2 Å². The van der Waals surface area contributed by atoms with Crippen molar-refractivity contribution in [2.45, 2.75) is 31.4 Å². The molecule has 0 aromatic heterocycles. The van der Waals surface area contributed by atoms with Gasteiger partial charge in [0.15, 0.2) is 0 Å². The van der Waals surface area contributed by atoms with Crippen LogP contribution in [0.15, 0.2) is 59.1 Å². The quantitative estimate of drug-likeness (QED) is 0.401.